The van der Waals surface area contributed by atoms with Crippen LogP contribution in [-0.4, -0.2) is 35.5 Å². The average molecular weight is 389 g/mol. The van der Waals surface area contributed by atoms with Crippen molar-refractivity contribution in [3.63, 3.8) is 0 Å². The van der Waals surface area contributed by atoms with E-state index in [9.17, 15) is 15.0 Å². The Morgan fingerprint density at radius 3 is 2.57 bits per heavy atom. The van der Waals surface area contributed by atoms with E-state index in [4.69, 9.17) is 9.47 Å². The minimum absolute atomic E-state index is 0.0346. The summed E-state index contributed by atoms with van der Waals surface area (Å²) in [5, 5.41) is 20.6. The van der Waals surface area contributed by atoms with Gasteiger partial charge in [-0.3, -0.25) is 0 Å². The zero-order valence-electron chi connectivity index (χ0n) is 17.4. The van der Waals surface area contributed by atoms with Gasteiger partial charge >= 0.3 is 5.97 Å². The monoisotopic (exact) mass is 388 g/mol. The van der Waals surface area contributed by atoms with Crippen LogP contribution in [0.15, 0.2) is 41.5 Å². The molecule has 1 aliphatic carbocycles. The lowest BCUT2D eigenvalue weighted by Gasteiger charge is -2.33. The highest BCUT2D eigenvalue weighted by Crippen LogP contribution is 2.31. The molecular weight excluding hydrogens is 356 g/mol. The largest absolute Gasteiger partial charge is 0.504 e. The predicted molar refractivity (Wildman–Crippen MR) is 110 cm³/mol. The standard InChI is InChI=1S/C23H32O5/c1-14(2)22-19(25)11-15(3)7-6-8-16(4)12-21(22)28-23(26)17-9-10-18(24)20(13-17)27-5/h8-11,13-14,19,21-22,24-25H,6-7,12H2,1-5H3/t19-,21+,22+/m0/s1. The first-order valence-electron chi connectivity index (χ1n) is 9.82. The fourth-order valence-electron chi connectivity index (χ4n) is 3.74. The van der Waals surface area contributed by atoms with Gasteiger partial charge in [0.1, 0.15) is 6.10 Å². The van der Waals surface area contributed by atoms with Crippen molar-refractivity contribution in [2.24, 2.45) is 11.8 Å². The van der Waals surface area contributed by atoms with Crippen molar-refractivity contribution in [3.05, 3.63) is 47.1 Å². The summed E-state index contributed by atoms with van der Waals surface area (Å²) in [6.07, 6.45) is 5.33. The third kappa shape index (κ3) is 5.61. The van der Waals surface area contributed by atoms with E-state index in [0.717, 1.165) is 24.0 Å². The van der Waals surface area contributed by atoms with E-state index < -0.39 is 18.2 Å². The molecule has 154 valence electrons. The van der Waals surface area contributed by atoms with Crippen LogP contribution >= 0.6 is 0 Å². The normalized spacial score (nSPS) is 23.6. The number of rotatable bonds is 4. The summed E-state index contributed by atoms with van der Waals surface area (Å²) >= 11 is 0. The van der Waals surface area contributed by atoms with Crippen molar-refractivity contribution in [3.8, 4) is 11.5 Å². The van der Waals surface area contributed by atoms with Gasteiger partial charge in [-0.1, -0.05) is 37.1 Å². The number of ether oxygens (including phenoxy) is 2. The molecule has 3 atom stereocenters. The summed E-state index contributed by atoms with van der Waals surface area (Å²) in [5.74, 6) is -0.410. The van der Waals surface area contributed by atoms with Gasteiger partial charge in [-0.25, -0.2) is 4.79 Å². The van der Waals surface area contributed by atoms with E-state index >= 15 is 0 Å². The average Bonchev–Trinajstić information content (AvgIpc) is 2.61. The predicted octanol–water partition coefficient (Wildman–Crippen LogP) is 4.64. The molecule has 2 rings (SSSR count). The SMILES string of the molecule is COc1cc(C(=O)O[C@@H]2CC(C)=CCCC(C)=C[C@H](O)[C@H]2C(C)C)ccc1O. The maximum atomic E-state index is 12.8. The molecule has 5 nitrogen and oxygen atoms in total. The van der Waals surface area contributed by atoms with Crippen LogP contribution in [0.1, 0.15) is 57.3 Å². The smallest absolute Gasteiger partial charge is 0.338 e. The molecule has 1 aromatic carbocycles. The summed E-state index contributed by atoms with van der Waals surface area (Å²) in [6, 6.07) is 4.38. The lowest BCUT2D eigenvalue weighted by Crippen LogP contribution is -2.38. The quantitative estimate of drug-likeness (QED) is 0.581. The molecule has 0 aliphatic heterocycles. The van der Waals surface area contributed by atoms with Gasteiger partial charge in [0.05, 0.1) is 18.8 Å². The number of carbonyl (C=O) groups excluding carboxylic acids is 1. The van der Waals surface area contributed by atoms with Crippen LogP contribution in [0.3, 0.4) is 0 Å². The molecule has 0 unspecified atom stereocenters. The second kappa shape index (κ2) is 9.78. The Hall–Kier alpha value is -2.27. The Bertz CT molecular complexity index is 747. The topological polar surface area (TPSA) is 76.0 Å². The highest BCUT2D eigenvalue weighted by molar-refractivity contribution is 5.90. The van der Waals surface area contributed by atoms with E-state index in [2.05, 4.69) is 6.08 Å². The molecule has 0 radical (unpaired) electrons. The Kier molecular flexibility index (Phi) is 7.69. The molecule has 0 fully saturated rings. The fourth-order valence-corrected chi connectivity index (χ4v) is 3.74. The first kappa shape index (κ1) is 22.0. The van der Waals surface area contributed by atoms with Crippen LogP contribution in [-0.2, 0) is 4.74 Å². The number of allylic oxidation sites excluding steroid dienone is 2. The summed E-state index contributed by atoms with van der Waals surface area (Å²) in [4.78, 5) is 12.8. The molecule has 0 saturated carbocycles. The number of benzene rings is 1. The summed E-state index contributed by atoms with van der Waals surface area (Å²) in [7, 11) is 1.43. The van der Waals surface area contributed by atoms with Gasteiger partial charge in [0.15, 0.2) is 11.5 Å². The minimum Gasteiger partial charge on any atom is -0.504 e. The van der Waals surface area contributed by atoms with Gasteiger partial charge in [-0.05, 0) is 50.8 Å². The molecule has 0 amide bonds. The fraction of sp³-hybridized carbons (Fsp3) is 0.522. The highest BCUT2D eigenvalue weighted by atomic mass is 16.5. The van der Waals surface area contributed by atoms with E-state index in [1.807, 2.05) is 33.8 Å². The summed E-state index contributed by atoms with van der Waals surface area (Å²) in [6.45, 7) is 8.13. The molecule has 0 spiro atoms. The molecule has 0 heterocycles. The van der Waals surface area contributed by atoms with Gasteiger partial charge in [0.2, 0.25) is 0 Å². The van der Waals surface area contributed by atoms with Gasteiger partial charge in [0.25, 0.3) is 0 Å². The molecule has 1 aromatic rings. The number of phenols is 1. The zero-order chi connectivity index (χ0) is 20.8. The number of methoxy groups -OCH3 is 1. The number of hydrogen-bond donors (Lipinski definition) is 2. The molecular formula is C23H32O5. The van der Waals surface area contributed by atoms with Crippen LogP contribution in [0.25, 0.3) is 0 Å². The Labute approximate surface area is 167 Å². The molecule has 28 heavy (non-hydrogen) atoms. The first-order valence-corrected chi connectivity index (χ1v) is 9.82. The van der Waals surface area contributed by atoms with Crippen LogP contribution in [0.2, 0.25) is 0 Å². The zero-order valence-corrected chi connectivity index (χ0v) is 17.4. The molecule has 0 saturated heterocycles. The number of aromatic hydroxyl groups is 1. The van der Waals surface area contributed by atoms with Crippen molar-refractivity contribution in [1.29, 1.82) is 0 Å². The number of carbonyl (C=O) groups is 1. The van der Waals surface area contributed by atoms with E-state index in [1.165, 1.54) is 25.3 Å². The van der Waals surface area contributed by atoms with Gasteiger partial charge in [-0.15, -0.1) is 0 Å². The van der Waals surface area contributed by atoms with Crippen molar-refractivity contribution < 1.29 is 24.5 Å². The molecule has 0 bridgehead atoms. The van der Waals surface area contributed by atoms with Crippen LogP contribution < -0.4 is 4.74 Å². The van der Waals surface area contributed by atoms with E-state index in [1.54, 1.807) is 0 Å². The Morgan fingerprint density at radius 2 is 1.93 bits per heavy atom. The first-order chi connectivity index (χ1) is 13.2. The van der Waals surface area contributed by atoms with E-state index in [0.29, 0.717) is 12.0 Å². The second-order valence-electron chi connectivity index (χ2n) is 7.95. The minimum atomic E-state index is -0.682. The number of phenolic OH excluding ortho intramolecular Hbond substituents is 1. The number of hydrogen-bond acceptors (Lipinski definition) is 5. The van der Waals surface area contributed by atoms with Gasteiger partial charge < -0.3 is 19.7 Å². The lowest BCUT2D eigenvalue weighted by atomic mass is 9.81. The number of aliphatic hydroxyl groups excluding tert-OH is 1. The Balaban J connectivity index is 2.33. The van der Waals surface area contributed by atoms with Crippen LogP contribution in [0.5, 0.6) is 11.5 Å². The third-order valence-electron chi connectivity index (χ3n) is 5.28. The van der Waals surface area contributed by atoms with Crippen molar-refractivity contribution >= 4 is 5.97 Å². The second-order valence-corrected chi connectivity index (χ2v) is 7.95. The molecule has 0 aromatic heterocycles. The van der Waals surface area contributed by atoms with Gasteiger partial charge in [0, 0.05) is 12.3 Å². The van der Waals surface area contributed by atoms with E-state index in [-0.39, 0.29) is 23.3 Å². The van der Waals surface area contributed by atoms with Crippen molar-refractivity contribution in [1.82, 2.24) is 0 Å². The summed E-state index contributed by atoms with van der Waals surface area (Å²) < 4.78 is 11.0. The van der Waals surface area contributed by atoms with Gasteiger partial charge in [-0.2, -0.15) is 0 Å². The number of aliphatic hydroxyl groups is 1. The van der Waals surface area contributed by atoms with Crippen LogP contribution in [0, 0.1) is 11.8 Å². The van der Waals surface area contributed by atoms with Crippen molar-refractivity contribution in [2.45, 2.75) is 59.2 Å². The highest BCUT2D eigenvalue weighted by Gasteiger charge is 2.33. The molecule has 1 aliphatic rings. The van der Waals surface area contributed by atoms with Crippen molar-refractivity contribution in [2.75, 3.05) is 7.11 Å². The lowest BCUT2D eigenvalue weighted by molar-refractivity contribution is -0.0217. The van der Waals surface area contributed by atoms with Crippen LogP contribution in [0.4, 0.5) is 0 Å². The number of esters is 1. The Morgan fingerprint density at radius 1 is 1.21 bits per heavy atom. The third-order valence-corrected chi connectivity index (χ3v) is 5.28. The molecule has 5 heteroatoms. The maximum absolute atomic E-state index is 12.8. The summed E-state index contributed by atoms with van der Waals surface area (Å²) in [5.41, 5.74) is 2.59. The molecule has 2 N–H and O–H groups in total. The maximum Gasteiger partial charge on any atom is 0.338 e.